The Kier molecular flexibility index (Phi) is 7.06. The van der Waals surface area contributed by atoms with Crippen LogP contribution in [0.3, 0.4) is 0 Å². The van der Waals surface area contributed by atoms with Gasteiger partial charge in [-0.3, -0.25) is 9.59 Å². The second-order valence-corrected chi connectivity index (χ2v) is 8.96. The van der Waals surface area contributed by atoms with Crippen LogP contribution in [0.5, 0.6) is 11.5 Å². The van der Waals surface area contributed by atoms with E-state index < -0.39 is 0 Å². The van der Waals surface area contributed by atoms with Crippen LogP contribution in [0, 0.1) is 12.8 Å². The Morgan fingerprint density at radius 1 is 1.00 bits per heavy atom. The number of fused-ring (bicyclic) bond motifs is 1. The number of rotatable bonds is 6. The minimum Gasteiger partial charge on any atom is -0.496 e. The first-order chi connectivity index (χ1) is 16.4. The van der Waals surface area contributed by atoms with Gasteiger partial charge in [-0.05, 0) is 43.4 Å². The van der Waals surface area contributed by atoms with E-state index in [0.29, 0.717) is 25.2 Å². The number of hydrogen-bond acceptors (Lipinski definition) is 4. The Hall–Kier alpha value is -3.54. The third-order valence-electron chi connectivity index (χ3n) is 6.61. The van der Waals surface area contributed by atoms with Crippen LogP contribution in [0.4, 0.5) is 0 Å². The summed E-state index contributed by atoms with van der Waals surface area (Å²) >= 11 is 0. The second kappa shape index (κ2) is 10.2. The van der Waals surface area contributed by atoms with Crippen LogP contribution in [-0.4, -0.2) is 56.0 Å². The zero-order valence-corrected chi connectivity index (χ0v) is 20.3. The largest absolute Gasteiger partial charge is 0.496 e. The van der Waals surface area contributed by atoms with Crippen molar-refractivity contribution in [2.24, 2.45) is 5.92 Å². The molecule has 0 unspecified atom stereocenters. The number of piperidine rings is 1. The average Bonchev–Trinajstić information content (AvgIpc) is 2.87. The molecule has 1 fully saturated rings. The van der Waals surface area contributed by atoms with E-state index in [1.807, 2.05) is 73.5 Å². The van der Waals surface area contributed by atoms with Gasteiger partial charge in [-0.1, -0.05) is 42.0 Å². The van der Waals surface area contributed by atoms with Crippen LogP contribution in [0.25, 0.3) is 10.8 Å². The third-order valence-corrected chi connectivity index (χ3v) is 6.61. The molecule has 1 atom stereocenters. The zero-order chi connectivity index (χ0) is 24.2. The van der Waals surface area contributed by atoms with E-state index in [4.69, 9.17) is 9.47 Å². The molecule has 1 saturated heterocycles. The van der Waals surface area contributed by atoms with E-state index in [0.717, 1.165) is 46.2 Å². The fourth-order valence-corrected chi connectivity index (χ4v) is 4.85. The van der Waals surface area contributed by atoms with E-state index in [1.54, 1.807) is 19.1 Å². The van der Waals surface area contributed by atoms with Gasteiger partial charge >= 0.3 is 0 Å². The van der Waals surface area contributed by atoms with Gasteiger partial charge in [-0.15, -0.1) is 0 Å². The first kappa shape index (κ1) is 23.6. The van der Waals surface area contributed by atoms with Gasteiger partial charge in [0.1, 0.15) is 11.5 Å². The molecule has 178 valence electrons. The van der Waals surface area contributed by atoms with Gasteiger partial charge in [0.25, 0.3) is 5.91 Å². The normalized spacial score (nSPS) is 15.8. The number of nitrogens with zero attached hydrogens (tertiary/aromatic N) is 2. The second-order valence-electron chi connectivity index (χ2n) is 8.96. The number of carbonyl (C=O) groups is 2. The highest BCUT2D eigenvalue weighted by molar-refractivity contribution is 6.08. The fraction of sp³-hybridized carbons (Fsp3) is 0.357. The highest BCUT2D eigenvalue weighted by atomic mass is 16.5. The fourth-order valence-electron chi connectivity index (χ4n) is 4.85. The number of hydrogen-bond donors (Lipinski definition) is 0. The van der Waals surface area contributed by atoms with Crippen molar-refractivity contribution in [1.29, 1.82) is 0 Å². The Bertz CT molecular complexity index is 1210. The predicted octanol–water partition coefficient (Wildman–Crippen LogP) is 4.68. The van der Waals surface area contributed by atoms with Gasteiger partial charge in [0, 0.05) is 43.2 Å². The lowest BCUT2D eigenvalue weighted by molar-refractivity contribution is -0.136. The lowest BCUT2D eigenvalue weighted by Crippen LogP contribution is -2.45. The van der Waals surface area contributed by atoms with E-state index in [9.17, 15) is 9.59 Å². The zero-order valence-electron chi connectivity index (χ0n) is 20.3. The maximum atomic E-state index is 13.5. The summed E-state index contributed by atoms with van der Waals surface area (Å²) in [6.07, 6.45) is 1.58. The quantitative estimate of drug-likeness (QED) is 0.536. The Morgan fingerprint density at radius 2 is 1.71 bits per heavy atom. The third kappa shape index (κ3) is 4.72. The molecule has 6 nitrogen and oxygen atoms in total. The number of methoxy groups -OCH3 is 2. The molecule has 4 rings (SSSR count). The van der Waals surface area contributed by atoms with Gasteiger partial charge in [0.05, 0.1) is 20.1 Å². The van der Waals surface area contributed by atoms with Crippen molar-refractivity contribution in [3.8, 4) is 11.5 Å². The smallest absolute Gasteiger partial charge is 0.254 e. The number of carbonyl (C=O) groups excluding carboxylic acids is 2. The lowest BCUT2D eigenvalue weighted by Gasteiger charge is -2.34. The van der Waals surface area contributed by atoms with E-state index >= 15 is 0 Å². The van der Waals surface area contributed by atoms with E-state index in [1.165, 1.54) is 0 Å². The van der Waals surface area contributed by atoms with Gasteiger partial charge < -0.3 is 19.3 Å². The van der Waals surface area contributed by atoms with Gasteiger partial charge in [-0.2, -0.15) is 0 Å². The summed E-state index contributed by atoms with van der Waals surface area (Å²) in [5.74, 6) is 1.31. The minimum atomic E-state index is -0.219. The summed E-state index contributed by atoms with van der Waals surface area (Å²) in [5.41, 5.74) is 2.74. The van der Waals surface area contributed by atoms with Crippen LogP contribution in [0.1, 0.15) is 34.3 Å². The summed E-state index contributed by atoms with van der Waals surface area (Å²) in [5, 5.41) is 1.77. The number of amides is 2. The summed E-state index contributed by atoms with van der Waals surface area (Å²) in [6.45, 7) is 3.57. The number of likely N-dealkylation sites (tertiary alicyclic amines) is 1. The van der Waals surface area contributed by atoms with E-state index in [2.05, 4.69) is 0 Å². The molecule has 2 amide bonds. The minimum absolute atomic E-state index is 0.0423. The molecule has 0 radical (unpaired) electrons. The summed E-state index contributed by atoms with van der Waals surface area (Å²) in [6, 6.07) is 17.4. The summed E-state index contributed by atoms with van der Waals surface area (Å²) < 4.78 is 10.9. The molecule has 0 N–H and O–H groups in total. The molecule has 0 aromatic heterocycles. The van der Waals surface area contributed by atoms with Crippen LogP contribution in [-0.2, 0) is 11.3 Å². The topological polar surface area (TPSA) is 59.1 Å². The van der Waals surface area contributed by atoms with Crippen LogP contribution in [0.2, 0.25) is 0 Å². The molecule has 0 aliphatic carbocycles. The number of ether oxygens (including phenoxy) is 2. The molecular weight excluding hydrogens is 428 g/mol. The van der Waals surface area contributed by atoms with Gasteiger partial charge in [0.2, 0.25) is 5.91 Å². The number of benzene rings is 3. The van der Waals surface area contributed by atoms with Crippen molar-refractivity contribution in [2.75, 3.05) is 34.4 Å². The highest BCUT2D eigenvalue weighted by Crippen LogP contribution is 2.30. The average molecular weight is 461 g/mol. The van der Waals surface area contributed by atoms with Crippen LogP contribution < -0.4 is 9.47 Å². The molecule has 0 saturated carbocycles. The van der Waals surface area contributed by atoms with Crippen molar-refractivity contribution in [3.63, 3.8) is 0 Å². The molecular formula is C28H32N2O4. The SMILES string of the molecule is COc1ccc(C)cc1CN(C)C(=O)[C@H]1CCCN(C(=O)c2ccc(OC)c3ccccc23)C1. The highest BCUT2D eigenvalue weighted by Gasteiger charge is 2.31. The first-order valence-electron chi connectivity index (χ1n) is 11.7. The monoisotopic (exact) mass is 460 g/mol. The van der Waals surface area contributed by atoms with Gasteiger partial charge in [0.15, 0.2) is 0 Å². The molecule has 1 aliphatic heterocycles. The first-order valence-corrected chi connectivity index (χ1v) is 11.7. The number of aryl methyl sites for hydroxylation is 1. The summed E-state index contributed by atoms with van der Waals surface area (Å²) in [7, 11) is 5.10. The molecule has 3 aromatic rings. The Balaban J connectivity index is 1.50. The van der Waals surface area contributed by atoms with Crippen molar-refractivity contribution in [2.45, 2.75) is 26.3 Å². The van der Waals surface area contributed by atoms with Crippen LogP contribution in [0.15, 0.2) is 54.6 Å². The molecule has 0 bridgehead atoms. The van der Waals surface area contributed by atoms with Crippen molar-refractivity contribution < 1.29 is 19.1 Å². The predicted molar refractivity (Wildman–Crippen MR) is 133 cm³/mol. The van der Waals surface area contributed by atoms with Crippen molar-refractivity contribution >= 4 is 22.6 Å². The molecule has 1 aliphatic rings. The Labute approximate surface area is 201 Å². The lowest BCUT2D eigenvalue weighted by atomic mass is 9.95. The van der Waals surface area contributed by atoms with Gasteiger partial charge in [-0.25, -0.2) is 0 Å². The molecule has 0 spiro atoms. The standard InChI is InChI=1S/C28H32N2O4/c1-19-11-13-25(33-3)21(16-19)17-29(2)27(31)20-8-7-15-30(18-20)28(32)24-12-14-26(34-4)23-10-6-5-9-22(23)24/h5-6,9-14,16,20H,7-8,15,17-18H2,1-4H3/t20-/m0/s1. The maximum Gasteiger partial charge on any atom is 0.254 e. The van der Waals surface area contributed by atoms with Crippen molar-refractivity contribution in [1.82, 2.24) is 9.80 Å². The molecule has 6 heteroatoms. The van der Waals surface area contributed by atoms with Crippen molar-refractivity contribution in [3.05, 3.63) is 71.3 Å². The molecule has 1 heterocycles. The Morgan fingerprint density at radius 3 is 2.44 bits per heavy atom. The molecule has 34 heavy (non-hydrogen) atoms. The molecule has 3 aromatic carbocycles. The maximum absolute atomic E-state index is 13.5. The van der Waals surface area contributed by atoms with Crippen LogP contribution >= 0.6 is 0 Å². The summed E-state index contributed by atoms with van der Waals surface area (Å²) in [4.78, 5) is 30.4. The van der Waals surface area contributed by atoms with E-state index in [-0.39, 0.29) is 17.7 Å².